The van der Waals surface area contributed by atoms with E-state index >= 15 is 0 Å². The van der Waals surface area contributed by atoms with Crippen molar-refractivity contribution in [3.63, 3.8) is 0 Å². The highest BCUT2D eigenvalue weighted by atomic mass is 79.9. The summed E-state index contributed by atoms with van der Waals surface area (Å²) >= 11 is 15.2. The number of rotatable bonds is 5. The lowest BCUT2D eigenvalue weighted by Crippen LogP contribution is -1.98. The smallest absolute Gasteiger partial charge is 0.144 e. The van der Waals surface area contributed by atoms with Gasteiger partial charge in [0.25, 0.3) is 0 Å². The Morgan fingerprint density at radius 2 is 2.15 bits per heavy atom. The number of nitrogens with one attached hydrogen (secondary N) is 1. The molecule has 2 aromatic rings. The molecule has 1 aromatic heterocycles. The van der Waals surface area contributed by atoms with E-state index in [0.717, 1.165) is 21.5 Å². The predicted octanol–water partition coefficient (Wildman–Crippen LogP) is 5.38. The lowest BCUT2D eigenvalue weighted by Gasteiger charge is -2.12. The summed E-state index contributed by atoms with van der Waals surface area (Å²) in [5.74, 6) is 1.88. The first-order chi connectivity index (χ1) is 9.63. The Hall–Kier alpha value is -0.970. The van der Waals surface area contributed by atoms with Gasteiger partial charge in [0.15, 0.2) is 0 Å². The molecule has 1 N–H and O–H groups in total. The van der Waals surface area contributed by atoms with Gasteiger partial charge in [0.2, 0.25) is 0 Å². The van der Waals surface area contributed by atoms with Gasteiger partial charge in [0.1, 0.15) is 11.6 Å². The van der Waals surface area contributed by atoms with Crippen molar-refractivity contribution in [2.75, 3.05) is 11.9 Å². The van der Waals surface area contributed by atoms with Crippen molar-refractivity contribution in [1.29, 1.82) is 0 Å². The number of hydrogen-bond acceptors (Lipinski definition) is 3. The molecule has 0 aliphatic rings. The highest BCUT2D eigenvalue weighted by molar-refractivity contribution is 9.10. The maximum absolute atomic E-state index is 5.94. The predicted molar refractivity (Wildman–Crippen MR) is 87.4 cm³/mol. The van der Waals surface area contributed by atoms with Gasteiger partial charge < -0.3 is 10.1 Å². The maximum Gasteiger partial charge on any atom is 0.144 e. The van der Waals surface area contributed by atoms with Crippen LogP contribution in [0.2, 0.25) is 5.02 Å². The summed E-state index contributed by atoms with van der Waals surface area (Å²) in [6.07, 6.45) is 1.59. The third-order valence-corrected chi connectivity index (χ3v) is 3.67. The highest BCUT2D eigenvalue weighted by Crippen LogP contribution is 2.29. The molecule has 20 heavy (non-hydrogen) atoms. The van der Waals surface area contributed by atoms with Gasteiger partial charge in [-0.15, -0.1) is 11.6 Å². The molecule has 0 atom stereocenters. The number of alkyl halides is 1. The van der Waals surface area contributed by atoms with Crippen LogP contribution >= 0.6 is 39.1 Å². The Morgan fingerprint density at radius 3 is 2.80 bits per heavy atom. The van der Waals surface area contributed by atoms with Gasteiger partial charge in [-0.05, 0) is 47.1 Å². The number of hydrogen-bond donors (Lipinski definition) is 1. The Kier molecular flexibility index (Phi) is 5.52. The van der Waals surface area contributed by atoms with Crippen LogP contribution in [0.25, 0.3) is 0 Å². The van der Waals surface area contributed by atoms with Gasteiger partial charge in [-0.25, -0.2) is 4.98 Å². The number of benzene rings is 1. The van der Waals surface area contributed by atoms with Gasteiger partial charge in [-0.2, -0.15) is 0 Å². The van der Waals surface area contributed by atoms with E-state index < -0.39 is 0 Å². The average Bonchev–Trinajstić information content (AvgIpc) is 2.43. The topological polar surface area (TPSA) is 34.1 Å². The minimum absolute atomic E-state index is 0.389. The quantitative estimate of drug-likeness (QED) is 0.712. The van der Waals surface area contributed by atoms with E-state index in [2.05, 4.69) is 26.2 Å². The van der Waals surface area contributed by atoms with E-state index in [-0.39, 0.29) is 0 Å². The summed E-state index contributed by atoms with van der Waals surface area (Å²) < 4.78 is 6.32. The van der Waals surface area contributed by atoms with Crippen molar-refractivity contribution in [1.82, 2.24) is 4.98 Å². The Morgan fingerprint density at radius 1 is 1.35 bits per heavy atom. The Balaban J connectivity index is 2.25. The van der Waals surface area contributed by atoms with Gasteiger partial charge in [0, 0.05) is 17.4 Å². The van der Waals surface area contributed by atoms with Crippen molar-refractivity contribution >= 4 is 50.6 Å². The summed E-state index contributed by atoms with van der Waals surface area (Å²) in [6, 6.07) is 7.55. The van der Waals surface area contributed by atoms with E-state index in [1.165, 1.54) is 0 Å². The molecule has 0 saturated heterocycles. The number of nitrogens with zero attached hydrogens (tertiary/aromatic N) is 1. The monoisotopic (exact) mass is 374 g/mol. The highest BCUT2D eigenvalue weighted by Gasteiger charge is 2.07. The molecule has 0 unspecified atom stereocenters. The van der Waals surface area contributed by atoms with Crippen molar-refractivity contribution in [3.05, 3.63) is 45.5 Å². The van der Waals surface area contributed by atoms with Crippen LogP contribution in [0, 0.1) is 0 Å². The second-order valence-corrected chi connectivity index (χ2v) is 5.56. The van der Waals surface area contributed by atoms with Crippen molar-refractivity contribution < 1.29 is 4.74 Å². The molecule has 1 aromatic carbocycles. The normalized spacial score (nSPS) is 10.4. The number of ether oxygens (including phenoxy) is 1. The van der Waals surface area contributed by atoms with Gasteiger partial charge in [-0.3, -0.25) is 0 Å². The third-order valence-electron chi connectivity index (χ3n) is 2.57. The molecule has 2 rings (SSSR count). The molecule has 0 radical (unpaired) electrons. The van der Waals surface area contributed by atoms with E-state index in [9.17, 15) is 0 Å². The van der Waals surface area contributed by atoms with Crippen LogP contribution in [0.5, 0.6) is 5.75 Å². The largest absolute Gasteiger partial charge is 0.494 e. The summed E-state index contributed by atoms with van der Waals surface area (Å²) in [4.78, 5) is 4.23. The average molecular weight is 376 g/mol. The Labute approximate surface area is 136 Å². The summed E-state index contributed by atoms with van der Waals surface area (Å²) in [5.41, 5.74) is 1.82. The van der Waals surface area contributed by atoms with Gasteiger partial charge >= 0.3 is 0 Å². The second kappa shape index (κ2) is 7.16. The molecular formula is C14H13BrCl2N2O. The first-order valence-electron chi connectivity index (χ1n) is 6.03. The summed E-state index contributed by atoms with van der Waals surface area (Å²) in [5, 5.41) is 3.79. The second-order valence-electron chi connectivity index (χ2n) is 4.00. The SMILES string of the molecule is CCOc1ccc(Nc2ncc(Cl)cc2Br)cc1CCl. The summed E-state index contributed by atoms with van der Waals surface area (Å²) in [7, 11) is 0. The maximum atomic E-state index is 5.94. The molecule has 0 amide bonds. The van der Waals surface area contributed by atoms with Crippen LogP contribution in [-0.2, 0) is 5.88 Å². The molecular weight excluding hydrogens is 363 g/mol. The van der Waals surface area contributed by atoms with E-state index in [1.54, 1.807) is 12.3 Å². The van der Waals surface area contributed by atoms with Crippen LogP contribution in [-0.4, -0.2) is 11.6 Å². The third kappa shape index (κ3) is 3.78. The van der Waals surface area contributed by atoms with Gasteiger partial charge in [-0.1, -0.05) is 11.6 Å². The zero-order chi connectivity index (χ0) is 14.5. The van der Waals surface area contributed by atoms with E-state index in [4.69, 9.17) is 27.9 Å². The number of halogens is 3. The molecule has 106 valence electrons. The fraction of sp³-hybridized carbons (Fsp3) is 0.214. The van der Waals surface area contributed by atoms with E-state index in [0.29, 0.717) is 23.3 Å². The molecule has 0 aliphatic carbocycles. The first kappa shape index (κ1) is 15.4. The molecule has 0 fully saturated rings. The molecule has 6 heteroatoms. The first-order valence-corrected chi connectivity index (χ1v) is 7.74. The van der Waals surface area contributed by atoms with Crippen LogP contribution < -0.4 is 10.1 Å². The van der Waals surface area contributed by atoms with Crippen LogP contribution in [0.4, 0.5) is 11.5 Å². The fourth-order valence-corrected chi connectivity index (χ4v) is 2.65. The molecule has 0 saturated carbocycles. The fourth-order valence-electron chi connectivity index (χ4n) is 1.70. The number of aromatic nitrogens is 1. The lowest BCUT2D eigenvalue weighted by molar-refractivity contribution is 0.337. The number of anilines is 2. The molecule has 3 nitrogen and oxygen atoms in total. The van der Waals surface area contributed by atoms with Crippen LogP contribution in [0.1, 0.15) is 12.5 Å². The Bertz CT molecular complexity index is 608. The molecule has 1 heterocycles. The zero-order valence-corrected chi connectivity index (χ0v) is 13.9. The zero-order valence-electron chi connectivity index (χ0n) is 10.8. The van der Waals surface area contributed by atoms with E-state index in [1.807, 2.05) is 25.1 Å². The molecule has 0 spiro atoms. The molecule has 0 aliphatic heterocycles. The minimum atomic E-state index is 0.389. The summed E-state index contributed by atoms with van der Waals surface area (Å²) in [6.45, 7) is 2.56. The number of pyridine rings is 1. The van der Waals surface area contributed by atoms with Crippen molar-refractivity contribution in [2.45, 2.75) is 12.8 Å². The van der Waals surface area contributed by atoms with Crippen LogP contribution in [0.3, 0.4) is 0 Å². The van der Waals surface area contributed by atoms with Crippen molar-refractivity contribution in [3.8, 4) is 5.75 Å². The standard InChI is InChI=1S/C14H13BrCl2N2O/c1-2-20-13-4-3-11(5-9(13)7-16)19-14-12(15)6-10(17)8-18-14/h3-6,8H,2,7H2,1H3,(H,18,19). The minimum Gasteiger partial charge on any atom is -0.494 e. The van der Waals surface area contributed by atoms with Gasteiger partial charge in [0.05, 0.1) is 22.0 Å². The van der Waals surface area contributed by atoms with Crippen LogP contribution in [0.15, 0.2) is 34.9 Å². The lowest BCUT2D eigenvalue weighted by atomic mass is 10.2. The van der Waals surface area contributed by atoms with Crippen molar-refractivity contribution in [2.24, 2.45) is 0 Å². The molecule has 0 bridgehead atoms.